The third-order valence-corrected chi connectivity index (χ3v) is 13.0. The van der Waals surface area contributed by atoms with E-state index in [2.05, 4.69) is 179 Å². The second-order valence-electron chi connectivity index (χ2n) is 20.6. The molecule has 0 aliphatic heterocycles. The molecule has 0 amide bonds. The van der Waals surface area contributed by atoms with Crippen molar-refractivity contribution in [1.82, 2.24) is 0 Å². The van der Waals surface area contributed by atoms with Gasteiger partial charge in [0.25, 0.3) is 0 Å². The molecular formula is C73H116O6. The van der Waals surface area contributed by atoms with E-state index in [1.165, 1.54) is 51.4 Å². The molecule has 79 heavy (non-hydrogen) atoms. The lowest BCUT2D eigenvalue weighted by atomic mass is 10.1. The summed E-state index contributed by atoms with van der Waals surface area (Å²) >= 11 is 0. The Morgan fingerprint density at radius 2 is 0.494 bits per heavy atom. The van der Waals surface area contributed by atoms with E-state index in [-0.39, 0.29) is 31.1 Å². The van der Waals surface area contributed by atoms with Crippen molar-refractivity contribution < 1.29 is 28.6 Å². The molecule has 6 heteroatoms. The zero-order chi connectivity index (χ0) is 57.1. The summed E-state index contributed by atoms with van der Waals surface area (Å²) in [5, 5.41) is 0. The van der Waals surface area contributed by atoms with Crippen molar-refractivity contribution in [2.24, 2.45) is 0 Å². The lowest BCUT2D eigenvalue weighted by molar-refractivity contribution is -0.167. The lowest BCUT2D eigenvalue weighted by Crippen LogP contribution is -2.30. The molecule has 0 saturated heterocycles. The molecule has 0 aromatic carbocycles. The van der Waals surface area contributed by atoms with Gasteiger partial charge in [-0.05, 0) is 128 Å². The molecule has 0 radical (unpaired) electrons. The third-order valence-electron chi connectivity index (χ3n) is 13.0. The third kappa shape index (κ3) is 63.7. The molecule has 1 unspecified atom stereocenters. The van der Waals surface area contributed by atoms with Crippen LogP contribution in [0, 0.1) is 0 Å². The Balaban J connectivity index is 4.31. The Morgan fingerprint density at radius 1 is 0.266 bits per heavy atom. The van der Waals surface area contributed by atoms with Gasteiger partial charge >= 0.3 is 17.9 Å². The fourth-order valence-corrected chi connectivity index (χ4v) is 8.31. The van der Waals surface area contributed by atoms with Crippen LogP contribution < -0.4 is 0 Å². The average molecular weight is 1090 g/mol. The molecule has 0 N–H and O–H groups in total. The van der Waals surface area contributed by atoms with E-state index in [1.54, 1.807) is 0 Å². The molecule has 6 nitrogen and oxygen atoms in total. The van der Waals surface area contributed by atoms with Crippen molar-refractivity contribution in [1.29, 1.82) is 0 Å². The zero-order valence-electron chi connectivity index (χ0n) is 50.8. The van der Waals surface area contributed by atoms with Gasteiger partial charge in [-0.2, -0.15) is 0 Å². The summed E-state index contributed by atoms with van der Waals surface area (Å²) in [5.41, 5.74) is 0. The molecule has 444 valence electrons. The molecule has 0 heterocycles. The van der Waals surface area contributed by atoms with Gasteiger partial charge in [-0.15, -0.1) is 0 Å². The summed E-state index contributed by atoms with van der Waals surface area (Å²) in [6.45, 7) is 6.36. The highest BCUT2D eigenvalue weighted by Crippen LogP contribution is 2.14. The maximum absolute atomic E-state index is 12.9. The van der Waals surface area contributed by atoms with Crippen LogP contribution in [-0.4, -0.2) is 37.2 Å². The van der Waals surface area contributed by atoms with Crippen LogP contribution in [0.3, 0.4) is 0 Å². The molecule has 0 saturated carbocycles. The second kappa shape index (κ2) is 65.5. The molecular weight excluding hydrogens is 973 g/mol. The first-order valence-electron chi connectivity index (χ1n) is 32.0. The van der Waals surface area contributed by atoms with Gasteiger partial charge in [0.1, 0.15) is 13.2 Å². The Morgan fingerprint density at radius 3 is 0.772 bits per heavy atom. The van der Waals surface area contributed by atoms with E-state index in [4.69, 9.17) is 14.2 Å². The molecule has 0 aromatic heterocycles. The van der Waals surface area contributed by atoms with Gasteiger partial charge in [0.05, 0.1) is 0 Å². The minimum absolute atomic E-state index is 0.0966. The molecule has 0 spiro atoms. The van der Waals surface area contributed by atoms with Gasteiger partial charge < -0.3 is 14.2 Å². The van der Waals surface area contributed by atoms with Crippen molar-refractivity contribution in [3.8, 4) is 0 Å². The summed E-state index contributed by atoms with van der Waals surface area (Å²) in [4.78, 5) is 38.2. The number of ether oxygens (including phenoxy) is 3. The van der Waals surface area contributed by atoms with Crippen molar-refractivity contribution in [2.75, 3.05) is 13.2 Å². The summed E-state index contributed by atoms with van der Waals surface area (Å²) in [6.07, 6.45) is 95.4. The van der Waals surface area contributed by atoms with Crippen LogP contribution >= 0.6 is 0 Å². The molecule has 0 bridgehead atoms. The highest BCUT2D eigenvalue weighted by Gasteiger charge is 2.19. The lowest BCUT2D eigenvalue weighted by Gasteiger charge is -2.18. The Kier molecular flexibility index (Phi) is 61.4. The summed E-state index contributed by atoms with van der Waals surface area (Å²) < 4.78 is 16.8. The van der Waals surface area contributed by atoms with Crippen LogP contribution in [0.4, 0.5) is 0 Å². The summed E-state index contributed by atoms with van der Waals surface area (Å²) in [6, 6.07) is 0. The number of hydrogen-bond acceptors (Lipinski definition) is 6. The number of carbonyl (C=O) groups excluding carboxylic acids is 3. The van der Waals surface area contributed by atoms with Crippen LogP contribution in [0.1, 0.15) is 265 Å². The van der Waals surface area contributed by atoms with Crippen LogP contribution in [0.15, 0.2) is 158 Å². The Hall–Kier alpha value is -4.97. The highest BCUT2D eigenvalue weighted by molar-refractivity contribution is 5.71. The van der Waals surface area contributed by atoms with Crippen LogP contribution in [0.2, 0.25) is 0 Å². The number of rotatable bonds is 56. The summed E-state index contributed by atoms with van der Waals surface area (Å²) in [7, 11) is 0. The van der Waals surface area contributed by atoms with E-state index in [9.17, 15) is 14.4 Å². The van der Waals surface area contributed by atoms with Crippen molar-refractivity contribution in [3.63, 3.8) is 0 Å². The predicted molar refractivity (Wildman–Crippen MR) is 343 cm³/mol. The molecule has 0 rings (SSSR count). The van der Waals surface area contributed by atoms with Crippen LogP contribution in [0.5, 0.6) is 0 Å². The van der Waals surface area contributed by atoms with Gasteiger partial charge in [-0.25, -0.2) is 0 Å². The minimum Gasteiger partial charge on any atom is -0.462 e. The second-order valence-corrected chi connectivity index (χ2v) is 20.6. The molecule has 0 aliphatic rings. The number of hydrogen-bond donors (Lipinski definition) is 0. The molecule has 1 atom stereocenters. The minimum atomic E-state index is -0.803. The SMILES string of the molecule is CC/C=C\C/C=C\C/C=C\C/C=C\C/C=C\C/C=C\C/C=C\C/C=C\C/C=C\C/C=C\CCCCCCC(=O)OCC(COC(=O)CCCCCCCCCCCCC)OC(=O)CCCCCCC/C=C\C/C=C\C/C=C\CC. The highest BCUT2D eigenvalue weighted by atomic mass is 16.6. The maximum Gasteiger partial charge on any atom is 0.306 e. The van der Waals surface area contributed by atoms with Gasteiger partial charge in [-0.3, -0.25) is 14.4 Å². The van der Waals surface area contributed by atoms with Crippen molar-refractivity contribution >= 4 is 17.9 Å². The first-order valence-corrected chi connectivity index (χ1v) is 32.0. The molecule has 0 aliphatic carbocycles. The normalized spacial score (nSPS) is 13.2. The first-order chi connectivity index (χ1) is 39.0. The molecule has 0 fully saturated rings. The van der Waals surface area contributed by atoms with Gasteiger partial charge in [-0.1, -0.05) is 275 Å². The predicted octanol–water partition coefficient (Wildman–Crippen LogP) is 22.1. The quantitative estimate of drug-likeness (QED) is 0.0261. The van der Waals surface area contributed by atoms with Gasteiger partial charge in [0.15, 0.2) is 6.10 Å². The number of esters is 3. The fraction of sp³-hybridized carbons (Fsp3) is 0.603. The van der Waals surface area contributed by atoms with E-state index < -0.39 is 6.10 Å². The first kappa shape index (κ1) is 74.0. The Labute approximate surface area is 486 Å². The number of unbranched alkanes of at least 4 members (excludes halogenated alkanes) is 19. The smallest absolute Gasteiger partial charge is 0.306 e. The maximum atomic E-state index is 12.9. The number of carbonyl (C=O) groups is 3. The van der Waals surface area contributed by atoms with Crippen LogP contribution in [-0.2, 0) is 28.6 Å². The van der Waals surface area contributed by atoms with Gasteiger partial charge in [0, 0.05) is 19.3 Å². The number of allylic oxidation sites excluding steroid dienone is 26. The van der Waals surface area contributed by atoms with E-state index in [0.717, 1.165) is 173 Å². The fourth-order valence-electron chi connectivity index (χ4n) is 8.31. The average Bonchev–Trinajstić information content (AvgIpc) is 3.45. The van der Waals surface area contributed by atoms with E-state index in [1.807, 2.05) is 0 Å². The van der Waals surface area contributed by atoms with Crippen molar-refractivity contribution in [3.05, 3.63) is 158 Å². The van der Waals surface area contributed by atoms with E-state index >= 15 is 0 Å². The van der Waals surface area contributed by atoms with Crippen molar-refractivity contribution in [2.45, 2.75) is 271 Å². The topological polar surface area (TPSA) is 78.9 Å². The monoisotopic (exact) mass is 1090 g/mol. The zero-order valence-corrected chi connectivity index (χ0v) is 50.8. The molecule has 0 aromatic rings. The van der Waals surface area contributed by atoms with E-state index in [0.29, 0.717) is 19.3 Å². The largest absolute Gasteiger partial charge is 0.462 e. The standard InChI is InChI=1S/C73H116O6/c1-4-7-10-13-16-19-22-24-26-27-28-29-30-31-32-33-34-35-36-37-38-39-40-41-42-43-44-45-47-48-51-54-57-60-63-66-72(75)78-69-70(68-77-71(74)65-62-59-56-53-50-21-18-15-12-9-6-3)79-73(76)67-64-61-58-55-52-49-46-25-23-20-17-14-11-8-5-2/h7-8,10-11,16-17,19-20,24-26,28-29,31-32,34-35,37-38,40-41,43-44,46-48,70H,4-6,9,12-15,18,21-23,27,30,33,36,39,42,45,49-69H2,1-3H3/b10-7-,11-8-,19-16-,20-17-,26-24-,29-28-,32-31-,35-34-,38-37-,41-40-,44-43-,46-25-,48-47-. The summed E-state index contributed by atoms with van der Waals surface area (Å²) in [5.74, 6) is -0.944. The Bertz CT molecular complexity index is 1780. The van der Waals surface area contributed by atoms with Gasteiger partial charge in [0.2, 0.25) is 0 Å². The van der Waals surface area contributed by atoms with Crippen LogP contribution in [0.25, 0.3) is 0 Å².